The van der Waals surface area contributed by atoms with E-state index in [2.05, 4.69) is 106 Å². The number of allylic oxidation sites excluding steroid dienone is 4. The van der Waals surface area contributed by atoms with Gasteiger partial charge in [-0.15, -0.1) is 0 Å². The second-order valence-corrected chi connectivity index (χ2v) is 8.89. The monoisotopic (exact) mass is 376 g/mol. The normalized spacial score (nSPS) is 19.8. The van der Waals surface area contributed by atoms with E-state index >= 15 is 0 Å². The summed E-state index contributed by atoms with van der Waals surface area (Å²) in [5.41, 5.74) is 11.5. The maximum absolute atomic E-state index is 2.50. The minimum Gasteiger partial charge on any atom is -0.0804 e. The first-order valence-corrected chi connectivity index (χ1v) is 10.8. The first kappa shape index (κ1) is 18.2. The van der Waals surface area contributed by atoms with Crippen LogP contribution in [0.15, 0.2) is 90.5 Å². The third-order valence-corrected chi connectivity index (χ3v) is 6.97. The van der Waals surface area contributed by atoms with Crippen molar-refractivity contribution in [3.8, 4) is 22.3 Å². The topological polar surface area (TPSA) is 0 Å². The number of hydrogen-bond donors (Lipinski definition) is 0. The smallest absolute Gasteiger partial charge is 0.0202 e. The van der Waals surface area contributed by atoms with Crippen molar-refractivity contribution in [2.75, 3.05) is 0 Å². The summed E-state index contributed by atoms with van der Waals surface area (Å²) in [6.07, 6.45) is 9.36. The minimum atomic E-state index is 0.0259. The van der Waals surface area contributed by atoms with E-state index in [0.29, 0.717) is 5.92 Å². The highest BCUT2D eigenvalue weighted by Crippen LogP contribution is 2.51. The highest BCUT2D eigenvalue weighted by Gasteiger charge is 2.39. The number of fused-ring (bicyclic) bond motifs is 3. The summed E-state index contributed by atoms with van der Waals surface area (Å²) >= 11 is 0. The minimum absolute atomic E-state index is 0.0259. The molecule has 144 valence electrons. The molecule has 0 N–H and O–H groups in total. The second kappa shape index (κ2) is 6.88. The summed E-state index contributed by atoms with van der Waals surface area (Å²) in [7, 11) is 0. The molecule has 0 bridgehead atoms. The number of benzene rings is 3. The van der Waals surface area contributed by atoms with E-state index in [-0.39, 0.29) is 5.41 Å². The van der Waals surface area contributed by atoms with Gasteiger partial charge in [0.25, 0.3) is 0 Å². The van der Waals surface area contributed by atoms with Crippen LogP contribution in [0.1, 0.15) is 43.9 Å². The van der Waals surface area contributed by atoms with Crippen LogP contribution in [0.4, 0.5) is 0 Å². The van der Waals surface area contributed by atoms with Gasteiger partial charge in [-0.25, -0.2) is 0 Å². The lowest BCUT2D eigenvalue weighted by Gasteiger charge is -2.40. The van der Waals surface area contributed by atoms with Crippen molar-refractivity contribution in [2.45, 2.75) is 39.0 Å². The van der Waals surface area contributed by atoms with Crippen molar-refractivity contribution in [2.24, 2.45) is 5.92 Å². The molecular weight excluding hydrogens is 348 g/mol. The third kappa shape index (κ3) is 2.82. The molecule has 3 aromatic rings. The van der Waals surface area contributed by atoms with Crippen LogP contribution >= 0.6 is 0 Å². The molecule has 3 aromatic carbocycles. The van der Waals surface area contributed by atoms with Gasteiger partial charge in [0, 0.05) is 5.41 Å². The van der Waals surface area contributed by atoms with Crippen molar-refractivity contribution in [1.82, 2.24) is 0 Å². The van der Waals surface area contributed by atoms with Crippen molar-refractivity contribution in [3.05, 3.63) is 107 Å². The van der Waals surface area contributed by atoms with Crippen LogP contribution < -0.4 is 0 Å². The molecule has 0 radical (unpaired) electrons. The van der Waals surface area contributed by atoms with E-state index in [1.165, 1.54) is 44.5 Å². The van der Waals surface area contributed by atoms with Crippen LogP contribution in [0, 0.1) is 5.92 Å². The Morgan fingerprint density at radius 3 is 2.24 bits per heavy atom. The van der Waals surface area contributed by atoms with E-state index in [0.717, 1.165) is 12.8 Å². The second-order valence-electron chi connectivity index (χ2n) is 8.89. The summed E-state index contributed by atoms with van der Waals surface area (Å²) in [4.78, 5) is 0. The molecule has 0 heteroatoms. The highest BCUT2D eigenvalue weighted by molar-refractivity contribution is 5.84. The van der Waals surface area contributed by atoms with Crippen LogP contribution in [0.2, 0.25) is 0 Å². The van der Waals surface area contributed by atoms with Gasteiger partial charge >= 0.3 is 0 Å². The molecule has 0 saturated heterocycles. The van der Waals surface area contributed by atoms with Crippen molar-refractivity contribution >= 4 is 0 Å². The molecule has 0 aromatic heterocycles. The summed E-state index contributed by atoms with van der Waals surface area (Å²) in [5, 5.41) is 0. The summed E-state index contributed by atoms with van der Waals surface area (Å²) in [6.45, 7) is 6.98. The zero-order valence-electron chi connectivity index (χ0n) is 17.6. The molecular formula is C29H28. The average Bonchev–Trinajstić information content (AvgIpc) is 3.13. The molecule has 0 heterocycles. The average molecular weight is 377 g/mol. The van der Waals surface area contributed by atoms with Gasteiger partial charge in [0.2, 0.25) is 0 Å². The van der Waals surface area contributed by atoms with Gasteiger partial charge in [-0.3, -0.25) is 0 Å². The van der Waals surface area contributed by atoms with Gasteiger partial charge in [-0.2, -0.15) is 0 Å². The fraction of sp³-hybridized carbons (Fsp3) is 0.241. The summed E-state index contributed by atoms with van der Waals surface area (Å²) in [6, 6.07) is 24.6. The number of hydrogen-bond acceptors (Lipinski definition) is 0. The molecule has 0 nitrogen and oxygen atoms in total. The van der Waals surface area contributed by atoms with Crippen molar-refractivity contribution in [1.29, 1.82) is 0 Å². The van der Waals surface area contributed by atoms with Crippen LogP contribution in [0.25, 0.3) is 22.3 Å². The van der Waals surface area contributed by atoms with Gasteiger partial charge < -0.3 is 0 Å². The molecule has 29 heavy (non-hydrogen) atoms. The predicted molar refractivity (Wildman–Crippen MR) is 124 cm³/mol. The van der Waals surface area contributed by atoms with E-state index in [4.69, 9.17) is 0 Å². The Labute approximate surface area is 174 Å². The SMILES string of the molecule is CC1=CCC(c2c(-c3ccccc3)ccc3c2Cc2ccccc2-3)(C(C)C)C=C1. The molecule has 0 spiro atoms. The standard InChI is InChI=1S/C29H28/c1-20(2)29(17-15-21(3)16-18-29)28-25(22-9-5-4-6-10-22)13-14-26-24-12-8-7-11-23(24)19-27(26)28/h4-17,20H,18-19H2,1-3H3. The Bertz CT molecular complexity index is 1130. The van der Waals surface area contributed by atoms with E-state index in [1.807, 2.05) is 0 Å². The Balaban J connectivity index is 1.82. The van der Waals surface area contributed by atoms with Crippen LogP contribution in [-0.2, 0) is 11.8 Å². The van der Waals surface area contributed by atoms with Crippen LogP contribution in [-0.4, -0.2) is 0 Å². The van der Waals surface area contributed by atoms with Gasteiger partial charge in [-0.1, -0.05) is 104 Å². The van der Waals surface area contributed by atoms with Crippen LogP contribution in [0.5, 0.6) is 0 Å². The fourth-order valence-corrected chi connectivity index (χ4v) is 5.25. The zero-order valence-corrected chi connectivity index (χ0v) is 17.6. The first-order chi connectivity index (χ1) is 14.1. The van der Waals surface area contributed by atoms with Crippen LogP contribution in [0.3, 0.4) is 0 Å². The van der Waals surface area contributed by atoms with E-state index in [9.17, 15) is 0 Å². The maximum Gasteiger partial charge on any atom is 0.0202 e. The highest BCUT2D eigenvalue weighted by atomic mass is 14.4. The van der Waals surface area contributed by atoms with Crippen molar-refractivity contribution in [3.63, 3.8) is 0 Å². The lowest BCUT2D eigenvalue weighted by molar-refractivity contribution is 0.383. The molecule has 0 saturated carbocycles. The van der Waals surface area contributed by atoms with Gasteiger partial charge in [-0.05, 0) is 64.6 Å². The predicted octanol–water partition coefficient (Wildman–Crippen LogP) is 7.72. The molecule has 5 rings (SSSR count). The Hall–Kier alpha value is -2.86. The molecule has 1 unspecified atom stereocenters. The van der Waals surface area contributed by atoms with Gasteiger partial charge in [0.15, 0.2) is 0 Å². The van der Waals surface area contributed by atoms with E-state index in [1.54, 1.807) is 0 Å². The first-order valence-electron chi connectivity index (χ1n) is 10.8. The Kier molecular flexibility index (Phi) is 4.32. The Morgan fingerprint density at radius 2 is 1.52 bits per heavy atom. The quantitative estimate of drug-likeness (QED) is 0.343. The van der Waals surface area contributed by atoms with E-state index < -0.39 is 0 Å². The zero-order chi connectivity index (χ0) is 20.0. The fourth-order valence-electron chi connectivity index (χ4n) is 5.25. The lowest BCUT2D eigenvalue weighted by atomic mass is 9.63. The molecule has 2 aliphatic rings. The molecule has 0 amide bonds. The largest absolute Gasteiger partial charge is 0.0804 e. The van der Waals surface area contributed by atoms with Gasteiger partial charge in [0.1, 0.15) is 0 Å². The lowest BCUT2D eigenvalue weighted by Crippen LogP contribution is -2.33. The molecule has 1 atom stereocenters. The Morgan fingerprint density at radius 1 is 0.793 bits per heavy atom. The number of rotatable bonds is 3. The molecule has 2 aliphatic carbocycles. The van der Waals surface area contributed by atoms with Crippen molar-refractivity contribution < 1.29 is 0 Å². The molecule has 0 fully saturated rings. The molecule has 0 aliphatic heterocycles. The maximum atomic E-state index is 2.50. The van der Waals surface area contributed by atoms with Gasteiger partial charge in [0.05, 0.1) is 0 Å². The third-order valence-electron chi connectivity index (χ3n) is 6.97. The summed E-state index contributed by atoms with van der Waals surface area (Å²) < 4.78 is 0. The summed E-state index contributed by atoms with van der Waals surface area (Å²) in [5.74, 6) is 0.515.